The number of amides is 1. The Bertz CT molecular complexity index is 682. The van der Waals surface area contributed by atoms with Gasteiger partial charge in [-0.15, -0.1) is 11.3 Å². The van der Waals surface area contributed by atoms with Crippen LogP contribution in [0.15, 0.2) is 36.4 Å². The van der Waals surface area contributed by atoms with Gasteiger partial charge in [0, 0.05) is 5.56 Å². The van der Waals surface area contributed by atoms with Gasteiger partial charge in [0.25, 0.3) is 5.91 Å². The van der Waals surface area contributed by atoms with E-state index in [1.165, 1.54) is 11.3 Å². The lowest BCUT2D eigenvalue weighted by Gasteiger charge is -2.13. The van der Waals surface area contributed by atoms with Crippen molar-refractivity contribution in [1.82, 2.24) is 5.32 Å². The highest BCUT2D eigenvalue weighted by Crippen LogP contribution is 2.22. The van der Waals surface area contributed by atoms with Crippen LogP contribution in [-0.4, -0.2) is 12.5 Å². The fourth-order valence-corrected chi connectivity index (χ4v) is 2.74. The van der Waals surface area contributed by atoms with Crippen LogP contribution in [-0.2, 0) is 0 Å². The summed E-state index contributed by atoms with van der Waals surface area (Å²) in [7, 11) is 0. The zero-order valence-corrected chi connectivity index (χ0v) is 13.1. The van der Waals surface area contributed by atoms with Crippen LogP contribution in [0.2, 0.25) is 4.34 Å². The fourth-order valence-electron chi connectivity index (χ4n) is 1.80. The normalized spacial score (nSPS) is 11.4. The molecule has 1 aromatic heterocycles. The van der Waals surface area contributed by atoms with Gasteiger partial charge in [0.2, 0.25) is 0 Å². The van der Waals surface area contributed by atoms with E-state index in [2.05, 4.69) is 17.2 Å². The Morgan fingerprint density at radius 3 is 2.62 bits per heavy atom. The third kappa shape index (κ3) is 4.33. The van der Waals surface area contributed by atoms with Gasteiger partial charge in [-0.05, 0) is 36.8 Å². The molecule has 1 atom stereocenters. The van der Waals surface area contributed by atoms with Gasteiger partial charge in [-0.1, -0.05) is 35.6 Å². The summed E-state index contributed by atoms with van der Waals surface area (Å²) >= 11 is 7.10. The van der Waals surface area contributed by atoms with Gasteiger partial charge in [-0.3, -0.25) is 4.79 Å². The van der Waals surface area contributed by atoms with E-state index in [1.54, 1.807) is 12.1 Å². The van der Waals surface area contributed by atoms with E-state index in [1.807, 2.05) is 31.2 Å². The second kappa shape index (κ2) is 7.28. The Balaban J connectivity index is 2.03. The summed E-state index contributed by atoms with van der Waals surface area (Å²) in [5.74, 6) is 5.65. The first-order valence-corrected chi connectivity index (χ1v) is 7.64. The highest BCUT2D eigenvalue weighted by atomic mass is 35.5. The molecule has 0 saturated heterocycles. The molecule has 0 aliphatic rings. The Morgan fingerprint density at radius 2 is 2.05 bits per heavy atom. The van der Waals surface area contributed by atoms with Crippen LogP contribution in [0.25, 0.3) is 0 Å². The molecule has 5 heteroatoms. The highest BCUT2D eigenvalue weighted by molar-refractivity contribution is 7.17. The van der Waals surface area contributed by atoms with Gasteiger partial charge in [0.05, 0.1) is 21.8 Å². The number of carbonyl (C=O) groups is 1. The van der Waals surface area contributed by atoms with Gasteiger partial charge in [-0.25, -0.2) is 0 Å². The fraction of sp³-hybridized carbons (Fsp3) is 0.188. The number of hydrogen-bond donors (Lipinski definition) is 2. The summed E-state index contributed by atoms with van der Waals surface area (Å²) in [6, 6.07) is 11.1. The topological polar surface area (TPSA) is 55.1 Å². The molecule has 2 rings (SSSR count). The Hall–Kier alpha value is -1.80. The summed E-state index contributed by atoms with van der Waals surface area (Å²) in [6.45, 7) is 2.28. The number of halogens is 1. The van der Waals surface area contributed by atoms with Crippen molar-refractivity contribution in [1.29, 1.82) is 0 Å². The number of hydrogen-bond acceptors (Lipinski definition) is 3. The lowest BCUT2D eigenvalue weighted by Crippen LogP contribution is -2.25. The van der Waals surface area contributed by atoms with E-state index in [-0.39, 0.29) is 11.9 Å². The molecule has 108 valence electrons. The van der Waals surface area contributed by atoms with Crippen molar-refractivity contribution in [2.45, 2.75) is 13.0 Å². The van der Waals surface area contributed by atoms with Crippen molar-refractivity contribution in [3.63, 3.8) is 0 Å². The van der Waals surface area contributed by atoms with Crippen LogP contribution >= 0.6 is 22.9 Å². The first kappa shape index (κ1) is 15.6. The zero-order chi connectivity index (χ0) is 15.2. The maximum Gasteiger partial charge on any atom is 0.261 e. The first-order chi connectivity index (χ1) is 10.1. The number of thiophene rings is 1. The molecule has 0 aliphatic carbocycles. The number of rotatable bonds is 3. The van der Waals surface area contributed by atoms with Gasteiger partial charge in [-0.2, -0.15) is 0 Å². The number of benzene rings is 1. The molecule has 1 aromatic carbocycles. The Kier molecular flexibility index (Phi) is 5.40. The van der Waals surface area contributed by atoms with E-state index in [9.17, 15) is 4.79 Å². The molecule has 0 fully saturated rings. The lowest BCUT2D eigenvalue weighted by molar-refractivity contribution is 0.0944. The first-order valence-electron chi connectivity index (χ1n) is 6.45. The van der Waals surface area contributed by atoms with Crippen LogP contribution in [0, 0.1) is 11.8 Å². The SMILES string of the molecule is CC(NC(=O)c1ccc(Cl)s1)c1ccc(C#CCN)cc1. The predicted molar refractivity (Wildman–Crippen MR) is 87.6 cm³/mol. The zero-order valence-electron chi connectivity index (χ0n) is 11.5. The van der Waals surface area contributed by atoms with Crippen LogP contribution in [0.4, 0.5) is 0 Å². The summed E-state index contributed by atoms with van der Waals surface area (Å²) in [5, 5.41) is 2.95. The van der Waals surface area contributed by atoms with Crippen molar-refractivity contribution in [2.24, 2.45) is 5.73 Å². The van der Waals surface area contributed by atoms with E-state index in [4.69, 9.17) is 17.3 Å². The van der Waals surface area contributed by atoms with Crippen molar-refractivity contribution < 1.29 is 4.79 Å². The Morgan fingerprint density at radius 1 is 1.33 bits per heavy atom. The molecule has 1 amide bonds. The van der Waals surface area contributed by atoms with Gasteiger partial charge >= 0.3 is 0 Å². The quantitative estimate of drug-likeness (QED) is 0.854. The summed E-state index contributed by atoms with van der Waals surface area (Å²) in [6.07, 6.45) is 0. The Labute approximate surface area is 133 Å². The van der Waals surface area contributed by atoms with Crippen LogP contribution in [0.3, 0.4) is 0 Å². The van der Waals surface area contributed by atoms with Crippen molar-refractivity contribution >= 4 is 28.8 Å². The van der Waals surface area contributed by atoms with E-state index in [0.717, 1.165) is 11.1 Å². The van der Waals surface area contributed by atoms with Crippen LogP contribution in [0.1, 0.15) is 33.8 Å². The molecule has 21 heavy (non-hydrogen) atoms. The minimum atomic E-state index is -0.119. The third-order valence-corrected chi connectivity index (χ3v) is 4.12. The molecule has 1 unspecified atom stereocenters. The summed E-state index contributed by atoms with van der Waals surface area (Å²) < 4.78 is 0.607. The molecule has 0 radical (unpaired) electrons. The van der Waals surface area contributed by atoms with Gasteiger partial charge in [0.15, 0.2) is 0 Å². The lowest BCUT2D eigenvalue weighted by atomic mass is 10.1. The van der Waals surface area contributed by atoms with Crippen LogP contribution < -0.4 is 11.1 Å². The second-order valence-electron chi connectivity index (χ2n) is 4.43. The summed E-state index contributed by atoms with van der Waals surface area (Å²) in [5.41, 5.74) is 7.26. The molecule has 0 bridgehead atoms. The third-order valence-electron chi connectivity index (χ3n) is 2.89. The van der Waals surface area contributed by atoms with Crippen molar-refractivity contribution in [3.8, 4) is 11.8 Å². The molecule has 0 saturated carbocycles. The number of carbonyl (C=O) groups excluding carboxylic acids is 1. The van der Waals surface area contributed by atoms with Crippen LogP contribution in [0.5, 0.6) is 0 Å². The maximum absolute atomic E-state index is 12.1. The van der Waals surface area contributed by atoms with Gasteiger partial charge in [0.1, 0.15) is 0 Å². The van der Waals surface area contributed by atoms with E-state index >= 15 is 0 Å². The average molecular weight is 319 g/mol. The highest BCUT2D eigenvalue weighted by Gasteiger charge is 2.13. The smallest absolute Gasteiger partial charge is 0.261 e. The van der Waals surface area contributed by atoms with Crippen molar-refractivity contribution in [3.05, 3.63) is 56.7 Å². The average Bonchev–Trinajstić information content (AvgIpc) is 2.92. The van der Waals surface area contributed by atoms with E-state index < -0.39 is 0 Å². The summed E-state index contributed by atoms with van der Waals surface area (Å²) in [4.78, 5) is 12.7. The molecular formula is C16H15ClN2OS. The molecule has 0 spiro atoms. The maximum atomic E-state index is 12.1. The molecule has 3 N–H and O–H groups in total. The second-order valence-corrected chi connectivity index (χ2v) is 6.14. The molecular weight excluding hydrogens is 304 g/mol. The molecule has 3 nitrogen and oxygen atoms in total. The minimum Gasteiger partial charge on any atom is -0.345 e. The predicted octanol–water partition coefficient (Wildman–Crippen LogP) is 3.20. The van der Waals surface area contributed by atoms with E-state index in [0.29, 0.717) is 15.8 Å². The largest absolute Gasteiger partial charge is 0.345 e. The minimum absolute atomic E-state index is 0.0881. The molecule has 2 aromatic rings. The molecule has 1 heterocycles. The molecule has 0 aliphatic heterocycles. The monoisotopic (exact) mass is 318 g/mol. The standard InChI is InChI=1S/C16H15ClN2OS/c1-11(19-16(20)14-8-9-15(17)21-14)13-6-4-12(5-7-13)3-2-10-18/h4-9,11H,10,18H2,1H3,(H,19,20). The number of nitrogens with two attached hydrogens (primary N) is 1. The van der Waals surface area contributed by atoms with Crippen molar-refractivity contribution in [2.75, 3.05) is 6.54 Å². The van der Waals surface area contributed by atoms with Gasteiger partial charge < -0.3 is 11.1 Å². The number of nitrogens with one attached hydrogen (secondary N) is 1.